The standard InChI is InChI=1S/C24H34N2O5S/c1-18(2)17-32(28,29)26-9-7-19(8-10-26)15-31-24-16-30-22(11-23(24)27)14-25-12-20-5-3-4-6-21(20)13-25/h3-5,11,16,18-19,21H,6-10,12-15,17H2,1-2H3. The number of sulfonamides is 1. The summed E-state index contributed by atoms with van der Waals surface area (Å²) in [5.41, 5.74) is 1.29. The third-order valence-electron chi connectivity index (χ3n) is 6.49. The lowest BCUT2D eigenvalue weighted by molar-refractivity contribution is 0.180. The molecule has 0 N–H and O–H groups in total. The second-order valence-electron chi connectivity index (χ2n) is 9.67. The first-order valence-corrected chi connectivity index (χ1v) is 13.2. The third-order valence-corrected chi connectivity index (χ3v) is 8.73. The molecule has 2 saturated heterocycles. The molecule has 3 aliphatic rings. The fourth-order valence-corrected chi connectivity index (χ4v) is 6.61. The van der Waals surface area contributed by atoms with Gasteiger partial charge in [0.15, 0.2) is 0 Å². The number of piperidine rings is 1. The van der Waals surface area contributed by atoms with Crippen molar-refractivity contribution in [2.45, 2.75) is 39.7 Å². The minimum atomic E-state index is -3.19. The van der Waals surface area contributed by atoms with Crippen LogP contribution < -0.4 is 10.2 Å². The van der Waals surface area contributed by atoms with E-state index in [1.165, 1.54) is 17.9 Å². The highest BCUT2D eigenvalue weighted by Gasteiger charge is 2.29. The summed E-state index contributed by atoms with van der Waals surface area (Å²) in [6.45, 7) is 7.79. The van der Waals surface area contributed by atoms with Gasteiger partial charge in [-0.1, -0.05) is 37.6 Å². The van der Waals surface area contributed by atoms with E-state index in [0.29, 0.717) is 37.9 Å². The molecule has 1 unspecified atom stereocenters. The SMILES string of the molecule is CC(C)CS(=O)(=O)N1CCC(COc2coc(CN3CC4=CC=CCC4C3)cc2=O)CC1. The molecular weight excluding hydrogens is 428 g/mol. The Bertz CT molecular complexity index is 1020. The average molecular weight is 463 g/mol. The quantitative estimate of drug-likeness (QED) is 0.591. The Labute approximate surface area is 190 Å². The molecule has 0 saturated carbocycles. The third kappa shape index (κ3) is 5.71. The van der Waals surface area contributed by atoms with E-state index >= 15 is 0 Å². The zero-order chi connectivity index (χ0) is 22.7. The highest BCUT2D eigenvalue weighted by molar-refractivity contribution is 7.89. The number of rotatable bonds is 8. The first-order valence-electron chi connectivity index (χ1n) is 11.6. The van der Waals surface area contributed by atoms with Gasteiger partial charge in [-0.2, -0.15) is 0 Å². The molecule has 7 nitrogen and oxygen atoms in total. The zero-order valence-corrected chi connectivity index (χ0v) is 19.9. The van der Waals surface area contributed by atoms with Crippen molar-refractivity contribution in [3.63, 3.8) is 0 Å². The normalized spacial score (nSPS) is 22.8. The minimum absolute atomic E-state index is 0.118. The average Bonchev–Trinajstić information content (AvgIpc) is 3.15. The van der Waals surface area contributed by atoms with Gasteiger partial charge in [0.25, 0.3) is 0 Å². The van der Waals surface area contributed by atoms with Crippen LogP contribution in [0.5, 0.6) is 5.75 Å². The summed E-state index contributed by atoms with van der Waals surface area (Å²) in [5, 5.41) is 0. The number of nitrogens with zero attached hydrogens (tertiary/aromatic N) is 2. The van der Waals surface area contributed by atoms with Gasteiger partial charge in [0.05, 0.1) is 18.9 Å². The van der Waals surface area contributed by atoms with Crippen molar-refractivity contribution in [1.82, 2.24) is 9.21 Å². The van der Waals surface area contributed by atoms with E-state index in [2.05, 4.69) is 23.1 Å². The number of ether oxygens (including phenoxy) is 1. The van der Waals surface area contributed by atoms with Crippen LogP contribution >= 0.6 is 0 Å². The minimum Gasteiger partial charge on any atom is -0.486 e. The molecule has 1 aliphatic carbocycles. The Balaban J connectivity index is 1.25. The molecule has 0 amide bonds. The number of allylic oxidation sites excluding steroid dienone is 3. The Kier molecular flexibility index (Phi) is 7.22. The van der Waals surface area contributed by atoms with Gasteiger partial charge < -0.3 is 9.15 Å². The summed E-state index contributed by atoms with van der Waals surface area (Å²) in [5.74, 6) is 2.00. The Morgan fingerprint density at radius 2 is 2.03 bits per heavy atom. The van der Waals surface area contributed by atoms with Crippen molar-refractivity contribution in [2.24, 2.45) is 17.8 Å². The maximum atomic E-state index is 12.5. The molecule has 4 rings (SSSR count). The number of hydrogen-bond acceptors (Lipinski definition) is 6. The molecule has 1 atom stereocenters. The van der Waals surface area contributed by atoms with E-state index < -0.39 is 10.0 Å². The molecule has 1 aromatic rings. The van der Waals surface area contributed by atoms with E-state index in [0.717, 1.165) is 32.4 Å². The second-order valence-corrected chi connectivity index (χ2v) is 11.7. The summed E-state index contributed by atoms with van der Waals surface area (Å²) in [7, 11) is -3.19. The van der Waals surface area contributed by atoms with Gasteiger partial charge in [0.1, 0.15) is 12.0 Å². The van der Waals surface area contributed by atoms with Crippen molar-refractivity contribution < 1.29 is 17.6 Å². The van der Waals surface area contributed by atoms with Gasteiger partial charge in [-0.15, -0.1) is 0 Å². The van der Waals surface area contributed by atoms with Crippen molar-refractivity contribution >= 4 is 10.0 Å². The van der Waals surface area contributed by atoms with Crippen LogP contribution in [0, 0.1) is 17.8 Å². The van der Waals surface area contributed by atoms with E-state index in [1.54, 1.807) is 4.31 Å². The molecule has 32 heavy (non-hydrogen) atoms. The van der Waals surface area contributed by atoms with Gasteiger partial charge >= 0.3 is 0 Å². The summed E-state index contributed by atoms with van der Waals surface area (Å²) < 4.78 is 37.8. The smallest absolute Gasteiger partial charge is 0.227 e. The summed E-state index contributed by atoms with van der Waals surface area (Å²) in [6.07, 6.45) is 10.5. The van der Waals surface area contributed by atoms with Crippen molar-refractivity contribution in [3.8, 4) is 5.75 Å². The fourth-order valence-electron chi connectivity index (χ4n) is 4.79. The molecule has 2 aliphatic heterocycles. The largest absolute Gasteiger partial charge is 0.486 e. The van der Waals surface area contributed by atoms with Crippen LogP contribution in [0.1, 0.15) is 38.9 Å². The number of fused-ring (bicyclic) bond motifs is 1. The molecule has 0 aromatic carbocycles. The van der Waals surface area contributed by atoms with Crippen LogP contribution in [0.3, 0.4) is 0 Å². The zero-order valence-electron chi connectivity index (χ0n) is 19.0. The fraction of sp³-hybridized carbons (Fsp3) is 0.625. The van der Waals surface area contributed by atoms with Crippen molar-refractivity contribution in [2.75, 3.05) is 38.5 Å². The summed E-state index contributed by atoms with van der Waals surface area (Å²) >= 11 is 0. The Morgan fingerprint density at radius 3 is 2.72 bits per heavy atom. The lowest BCUT2D eigenvalue weighted by atomic mass is 9.95. The summed E-state index contributed by atoms with van der Waals surface area (Å²) in [6, 6.07) is 1.53. The highest BCUT2D eigenvalue weighted by Crippen LogP contribution is 2.29. The van der Waals surface area contributed by atoms with Gasteiger partial charge in [-0.25, -0.2) is 12.7 Å². The molecular formula is C24H34N2O5S. The monoisotopic (exact) mass is 462 g/mol. The van der Waals surface area contributed by atoms with Crippen molar-refractivity contribution in [3.05, 3.63) is 52.1 Å². The molecule has 8 heteroatoms. The van der Waals surface area contributed by atoms with Gasteiger partial charge in [0, 0.05) is 32.2 Å². The Morgan fingerprint density at radius 1 is 1.25 bits per heavy atom. The highest BCUT2D eigenvalue weighted by atomic mass is 32.2. The predicted octanol–water partition coefficient (Wildman–Crippen LogP) is 3.03. The summed E-state index contributed by atoms with van der Waals surface area (Å²) in [4.78, 5) is 14.8. The van der Waals surface area contributed by atoms with Gasteiger partial charge in [-0.05, 0) is 37.0 Å². The predicted molar refractivity (Wildman–Crippen MR) is 124 cm³/mol. The number of likely N-dealkylation sites (tertiary alicyclic amines) is 1. The van der Waals surface area contributed by atoms with Crippen LogP contribution in [0.15, 0.2) is 45.3 Å². The maximum absolute atomic E-state index is 12.5. The van der Waals surface area contributed by atoms with E-state index in [4.69, 9.17) is 9.15 Å². The van der Waals surface area contributed by atoms with E-state index in [1.807, 2.05) is 13.8 Å². The van der Waals surface area contributed by atoms with Crippen LogP contribution in [-0.4, -0.2) is 56.2 Å². The van der Waals surface area contributed by atoms with Crippen LogP contribution in [0.2, 0.25) is 0 Å². The molecule has 0 radical (unpaired) electrons. The van der Waals surface area contributed by atoms with E-state index in [9.17, 15) is 13.2 Å². The topological polar surface area (TPSA) is 80.1 Å². The first-order chi connectivity index (χ1) is 15.3. The van der Waals surface area contributed by atoms with Crippen molar-refractivity contribution in [1.29, 1.82) is 0 Å². The molecule has 0 spiro atoms. The second kappa shape index (κ2) is 9.93. The van der Waals surface area contributed by atoms with Crippen LogP contribution in [0.25, 0.3) is 0 Å². The molecule has 0 bridgehead atoms. The van der Waals surface area contributed by atoms with Crippen LogP contribution in [-0.2, 0) is 16.6 Å². The lowest BCUT2D eigenvalue weighted by Crippen LogP contribution is -2.41. The molecule has 176 valence electrons. The molecule has 1 aromatic heterocycles. The Hall–Kier alpha value is -1.90. The molecule has 2 fully saturated rings. The van der Waals surface area contributed by atoms with Gasteiger partial charge in [0.2, 0.25) is 21.2 Å². The number of hydrogen-bond donors (Lipinski definition) is 0. The van der Waals surface area contributed by atoms with Crippen LogP contribution in [0.4, 0.5) is 0 Å². The van der Waals surface area contributed by atoms with E-state index in [-0.39, 0.29) is 28.8 Å². The maximum Gasteiger partial charge on any atom is 0.227 e. The first kappa shape index (κ1) is 23.3. The molecule has 3 heterocycles. The lowest BCUT2D eigenvalue weighted by Gasteiger charge is -2.31. The van der Waals surface area contributed by atoms with Gasteiger partial charge in [-0.3, -0.25) is 9.69 Å².